The van der Waals surface area contributed by atoms with Gasteiger partial charge in [-0.05, 0) is 24.7 Å². The summed E-state index contributed by atoms with van der Waals surface area (Å²) in [5.41, 5.74) is 0.412. The van der Waals surface area contributed by atoms with Crippen LogP contribution in [0, 0.1) is 5.41 Å². The maximum absolute atomic E-state index is 11.6. The van der Waals surface area contributed by atoms with Gasteiger partial charge in [0.2, 0.25) is 5.91 Å². The monoisotopic (exact) mass is 196 g/mol. The van der Waals surface area contributed by atoms with Crippen molar-refractivity contribution < 1.29 is 4.79 Å². The van der Waals surface area contributed by atoms with Gasteiger partial charge in [0.15, 0.2) is 0 Å². The summed E-state index contributed by atoms with van der Waals surface area (Å²) in [4.78, 5) is 13.7. The van der Waals surface area contributed by atoms with E-state index in [9.17, 15) is 4.79 Å². The zero-order chi connectivity index (χ0) is 10.2. The van der Waals surface area contributed by atoms with Crippen molar-refractivity contribution in [1.29, 1.82) is 0 Å². The molecule has 1 atom stereocenters. The highest BCUT2D eigenvalue weighted by Gasteiger charge is 2.38. The zero-order valence-corrected chi connectivity index (χ0v) is 9.18. The Bertz CT molecular complexity index is 235. The first-order valence-corrected chi connectivity index (χ1v) is 5.67. The van der Waals surface area contributed by atoms with Gasteiger partial charge in [-0.3, -0.25) is 10.1 Å². The molecule has 0 aromatic carbocycles. The van der Waals surface area contributed by atoms with Crippen LogP contribution in [0.25, 0.3) is 0 Å². The Kier molecular flexibility index (Phi) is 2.52. The van der Waals surface area contributed by atoms with Crippen LogP contribution in [0.3, 0.4) is 0 Å². The molecule has 3 nitrogen and oxygen atoms in total. The number of carbonyl (C=O) groups excluding carboxylic acids is 1. The molecule has 14 heavy (non-hydrogen) atoms. The van der Waals surface area contributed by atoms with E-state index in [1.165, 1.54) is 19.3 Å². The summed E-state index contributed by atoms with van der Waals surface area (Å²) in [5, 5.41) is 3.25. The number of rotatable bonds is 3. The molecule has 1 saturated carbocycles. The zero-order valence-electron chi connectivity index (χ0n) is 9.18. The van der Waals surface area contributed by atoms with Crippen molar-refractivity contribution in [2.75, 3.05) is 13.1 Å². The topological polar surface area (TPSA) is 32.3 Å². The van der Waals surface area contributed by atoms with E-state index in [0.717, 1.165) is 13.0 Å². The molecule has 0 bridgehead atoms. The maximum atomic E-state index is 11.6. The standard InChI is InChI=1S/C11H20N2O/c1-3-9-12-7-10(14)13(9)8-11(2)5-4-6-11/h9,12H,3-8H2,1-2H3. The third kappa shape index (κ3) is 1.65. The van der Waals surface area contributed by atoms with E-state index in [2.05, 4.69) is 19.2 Å². The normalized spacial score (nSPS) is 30.6. The van der Waals surface area contributed by atoms with E-state index >= 15 is 0 Å². The Morgan fingerprint density at radius 3 is 2.79 bits per heavy atom. The predicted molar refractivity (Wildman–Crippen MR) is 55.8 cm³/mol. The lowest BCUT2D eigenvalue weighted by molar-refractivity contribution is -0.130. The van der Waals surface area contributed by atoms with Crippen molar-refractivity contribution in [1.82, 2.24) is 10.2 Å². The lowest BCUT2D eigenvalue weighted by Gasteiger charge is -2.42. The van der Waals surface area contributed by atoms with Crippen molar-refractivity contribution >= 4 is 5.91 Å². The van der Waals surface area contributed by atoms with Gasteiger partial charge in [0, 0.05) is 6.54 Å². The van der Waals surface area contributed by atoms with Crippen molar-refractivity contribution in [2.24, 2.45) is 5.41 Å². The third-order valence-corrected chi connectivity index (χ3v) is 3.68. The molecule has 1 unspecified atom stereocenters. The fraction of sp³-hybridized carbons (Fsp3) is 0.909. The molecule has 0 aromatic heterocycles. The SMILES string of the molecule is CCC1NCC(=O)N1CC1(C)CCC1. The molecule has 0 aromatic rings. The van der Waals surface area contributed by atoms with Gasteiger partial charge in [-0.1, -0.05) is 20.3 Å². The highest BCUT2D eigenvalue weighted by molar-refractivity contribution is 5.80. The van der Waals surface area contributed by atoms with Crippen LogP contribution in [0.5, 0.6) is 0 Å². The van der Waals surface area contributed by atoms with Crippen LogP contribution < -0.4 is 5.32 Å². The predicted octanol–water partition coefficient (Wildman–Crippen LogP) is 1.34. The molecule has 1 aliphatic heterocycles. The van der Waals surface area contributed by atoms with Gasteiger partial charge in [0.05, 0.1) is 12.7 Å². The van der Waals surface area contributed by atoms with E-state index in [1.807, 2.05) is 4.90 Å². The molecule has 1 heterocycles. The second kappa shape index (κ2) is 3.54. The minimum Gasteiger partial charge on any atom is -0.326 e. The molecule has 1 N–H and O–H groups in total. The first kappa shape index (κ1) is 9.97. The van der Waals surface area contributed by atoms with E-state index in [4.69, 9.17) is 0 Å². The van der Waals surface area contributed by atoms with Crippen LogP contribution >= 0.6 is 0 Å². The smallest absolute Gasteiger partial charge is 0.237 e. The van der Waals surface area contributed by atoms with Gasteiger partial charge < -0.3 is 4.90 Å². The molecule has 0 radical (unpaired) electrons. The molecular formula is C11H20N2O. The van der Waals surface area contributed by atoms with Crippen LogP contribution in [0.4, 0.5) is 0 Å². The first-order valence-electron chi connectivity index (χ1n) is 5.67. The van der Waals surface area contributed by atoms with E-state index in [0.29, 0.717) is 18.1 Å². The highest BCUT2D eigenvalue weighted by Crippen LogP contribution is 2.41. The molecule has 2 aliphatic rings. The average molecular weight is 196 g/mol. The van der Waals surface area contributed by atoms with Crippen molar-refractivity contribution in [3.8, 4) is 0 Å². The molecule has 3 heteroatoms. The molecule has 1 aliphatic carbocycles. The number of hydrogen-bond donors (Lipinski definition) is 1. The second-order valence-electron chi connectivity index (χ2n) is 4.99. The van der Waals surface area contributed by atoms with Crippen LogP contribution in [0.15, 0.2) is 0 Å². The quantitative estimate of drug-likeness (QED) is 0.739. The molecule has 1 saturated heterocycles. The highest BCUT2D eigenvalue weighted by atomic mass is 16.2. The van der Waals surface area contributed by atoms with Gasteiger partial charge >= 0.3 is 0 Å². The minimum atomic E-state index is 0.282. The van der Waals surface area contributed by atoms with Crippen molar-refractivity contribution in [3.05, 3.63) is 0 Å². The van der Waals surface area contributed by atoms with E-state index < -0.39 is 0 Å². The van der Waals surface area contributed by atoms with E-state index in [1.54, 1.807) is 0 Å². The van der Waals surface area contributed by atoms with Gasteiger partial charge in [0.1, 0.15) is 0 Å². The molecule has 80 valence electrons. The summed E-state index contributed by atoms with van der Waals surface area (Å²) in [7, 11) is 0. The minimum absolute atomic E-state index is 0.282. The molecule has 0 spiro atoms. The maximum Gasteiger partial charge on any atom is 0.237 e. The lowest BCUT2D eigenvalue weighted by Crippen LogP contribution is -2.46. The third-order valence-electron chi connectivity index (χ3n) is 3.68. The van der Waals surface area contributed by atoms with Crippen molar-refractivity contribution in [3.63, 3.8) is 0 Å². The number of amides is 1. The Labute approximate surface area is 85.8 Å². The number of nitrogens with one attached hydrogen (secondary N) is 1. The largest absolute Gasteiger partial charge is 0.326 e. The number of carbonyl (C=O) groups is 1. The number of nitrogens with zero attached hydrogens (tertiary/aromatic N) is 1. The Morgan fingerprint density at radius 1 is 1.57 bits per heavy atom. The van der Waals surface area contributed by atoms with Crippen molar-refractivity contribution in [2.45, 2.75) is 45.7 Å². The van der Waals surface area contributed by atoms with Crippen LogP contribution in [0.2, 0.25) is 0 Å². The summed E-state index contributed by atoms with van der Waals surface area (Å²) >= 11 is 0. The summed E-state index contributed by atoms with van der Waals surface area (Å²) in [6.45, 7) is 5.92. The van der Waals surface area contributed by atoms with Crippen LogP contribution in [-0.2, 0) is 4.79 Å². The fourth-order valence-electron chi connectivity index (χ4n) is 2.50. The average Bonchev–Trinajstić information content (AvgIpc) is 2.45. The van der Waals surface area contributed by atoms with Gasteiger partial charge in [0.25, 0.3) is 0 Å². The number of hydrogen-bond acceptors (Lipinski definition) is 2. The second-order valence-corrected chi connectivity index (χ2v) is 4.99. The van der Waals surface area contributed by atoms with Gasteiger partial charge in [-0.25, -0.2) is 0 Å². The molecule has 1 amide bonds. The van der Waals surface area contributed by atoms with E-state index in [-0.39, 0.29) is 5.91 Å². The summed E-state index contributed by atoms with van der Waals surface area (Å²) in [6.07, 6.45) is 5.21. The Balaban J connectivity index is 1.97. The molecular weight excluding hydrogens is 176 g/mol. The van der Waals surface area contributed by atoms with Crippen LogP contribution in [-0.4, -0.2) is 30.1 Å². The van der Waals surface area contributed by atoms with Crippen LogP contribution in [0.1, 0.15) is 39.5 Å². The fourth-order valence-corrected chi connectivity index (χ4v) is 2.50. The van der Waals surface area contributed by atoms with Gasteiger partial charge in [-0.2, -0.15) is 0 Å². The molecule has 2 rings (SSSR count). The first-order chi connectivity index (χ1) is 6.64. The lowest BCUT2D eigenvalue weighted by atomic mass is 9.70. The summed E-state index contributed by atoms with van der Waals surface area (Å²) in [6, 6.07) is 0. The summed E-state index contributed by atoms with van der Waals surface area (Å²) < 4.78 is 0. The Morgan fingerprint density at radius 2 is 2.29 bits per heavy atom. The van der Waals surface area contributed by atoms with Gasteiger partial charge in [-0.15, -0.1) is 0 Å². The summed E-state index contributed by atoms with van der Waals surface area (Å²) in [5.74, 6) is 0.282. The molecule has 2 fully saturated rings. The Hall–Kier alpha value is -0.570.